The Balaban J connectivity index is 1.77. The topological polar surface area (TPSA) is 37.4 Å². The lowest BCUT2D eigenvalue weighted by Gasteiger charge is -2.35. The molecule has 2 heterocycles. The Morgan fingerprint density at radius 1 is 1.22 bits per heavy atom. The van der Waals surface area contributed by atoms with Crippen LogP contribution in [-0.4, -0.2) is 42.7 Å². The Bertz CT molecular complexity index is 632. The lowest BCUT2D eigenvalue weighted by atomic mass is 10.0. The van der Waals surface area contributed by atoms with Crippen molar-refractivity contribution in [2.24, 2.45) is 0 Å². The van der Waals surface area contributed by atoms with Gasteiger partial charge in [-0.3, -0.25) is 4.90 Å². The second kappa shape index (κ2) is 8.11. The van der Waals surface area contributed by atoms with E-state index in [1.807, 2.05) is 30.3 Å². The molecular weight excluding hydrogens is 378 g/mol. The molecule has 0 bridgehead atoms. The van der Waals surface area contributed by atoms with Crippen LogP contribution in [0.5, 0.6) is 0 Å². The molecule has 1 aliphatic rings. The number of anilines is 1. The van der Waals surface area contributed by atoms with Gasteiger partial charge in [0.1, 0.15) is 5.82 Å². The standard InChI is InChI=1S/C17H19BrClN3O/c18-13-5-6-17(20-11-13)21-12-16(22-7-9-23-10-8-22)14-3-1-2-4-15(14)19/h1-6,11,16H,7-10,12H2,(H,20,21). The number of rotatable bonds is 5. The van der Waals surface area contributed by atoms with Gasteiger partial charge in [-0.05, 0) is 39.7 Å². The number of morpholine rings is 1. The summed E-state index contributed by atoms with van der Waals surface area (Å²) in [6.07, 6.45) is 1.79. The second-order valence-electron chi connectivity index (χ2n) is 5.43. The summed E-state index contributed by atoms with van der Waals surface area (Å²) >= 11 is 9.84. The van der Waals surface area contributed by atoms with E-state index in [-0.39, 0.29) is 6.04 Å². The van der Waals surface area contributed by atoms with Crippen molar-refractivity contribution < 1.29 is 4.74 Å². The van der Waals surface area contributed by atoms with E-state index in [1.54, 1.807) is 6.20 Å². The van der Waals surface area contributed by atoms with Crippen molar-refractivity contribution in [1.29, 1.82) is 0 Å². The number of pyridine rings is 1. The third kappa shape index (κ3) is 4.44. The van der Waals surface area contributed by atoms with Crippen LogP contribution in [0.2, 0.25) is 5.02 Å². The Morgan fingerprint density at radius 3 is 2.70 bits per heavy atom. The Morgan fingerprint density at radius 2 is 2.00 bits per heavy atom. The molecular formula is C17H19BrClN3O. The zero-order valence-corrected chi connectivity index (χ0v) is 15.1. The Hall–Kier alpha value is -1.14. The van der Waals surface area contributed by atoms with Gasteiger partial charge in [-0.15, -0.1) is 0 Å². The van der Waals surface area contributed by atoms with Crippen molar-refractivity contribution in [2.45, 2.75) is 6.04 Å². The third-order valence-electron chi connectivity index (χ3n) is 3.95. The molecule has 0 aliphatic carbocycles. The average molecular weight is 397 g/mol. The predicted molar refractivity (Wildman–Crippen MR) is 97.0 cm³/mol. The minimum Gasteiger partial charge on any atom is -0.379 e. The minimum absolute atomic E-state index is 0.193. The van der Waals surface area contributed by atoms with Crippen LogP contribution in [0.1, 0.15) is 11.6 Å². The first-order valence-electron chi connectivity index (χ1n) is 7.65. The van der Waals surface area contributed by atoms with E-state index in [0.29, 0.717) is 0 Å². The van der Waals surface area contributed by atoms with Crippen molar-refractivity contribution >= 4 is 33.3 Å². The zero-order chi connectivity index (χ0) is 16.1. The van der Waals surface area contributed by atoms with Crippen LogP contribution < -0.4 is 5.32 Å². The van der Waals surface area contributed by atoms with E-state index in [0.717, 1.165) is 53.7 Å². The van der Waals surface area contributed by atoms with Gasteiger partial charge in [0.2, 0.25) is 0 Å². The molecule has 0 saturated carbocycles. The smallest absolute Gasteiger partial charge is 0.126 e. The number of hydrogen-bond acceptors (Lipinski definition) is 4. The normalized spacial score (nSPS) is 17.0. The van der Waals surface area contributed by atoms with Crippen molar-refractivity contribution in [3.05, 3.63) is 57.7 Å². The summed E-state index contributed by atoms with van der Waals surface area (Å²) in [6, 6.07) is 12.2. The number of halogens is 2. The van der Waals surface area contributed by atoms with E-state index in [1.165, 1.54) is 0 Å². The molecule has 23 heavy (non-hydrogen) atoms. The third-order valence-corrected chi connectivity index (χ3v) is 4.77. The van der Waals surface area contributed by atoms with Gasteiger partial charge >= 0.3 is 0 Å². The van der Waals surface area contributed by atoms with Crippen LogP contribution in [0.15, 0.2) is 47.1 Å². The number of ether oxygens (including phenoxy) is 1. The van der Waals surface area contributed by atoms with Gasteiger partial charge in [0.25, 0.3) is 0 Å². The Labute approximate surface area is 149 Å². The SMILES string of the molecule is Clc1ccccc1C(CNc1ccc(Br)cn1)N1CCOCC1. The van der Waals surface area contributed by atoms with Crippen LogP contribution in [0.25, 0.3) is 0 Å². The van der Waals surface area contributed by atoms with Gasteiger partial charge in [0.05, 0.1) is 19.3 Å². The lowest BCUT2D eigenvalue weighted by molar-refractivity contribution is 0.0187. The fourth-order valence-electron chi connectivity index (χ4n) is 2.75. The average Bonchev–Trinajstić information content (AvgIpc) is 2.59. The van der Waals surface area contributed by atoms with Crippen LogP contribution in [-0.2, 0) is 4.74 Å². The molecule has 122 valence electrons. The molecule has 1 aliphatic heterocycles. The second-order valence-corrected chi connectivity index (χ2v) is 6.75. The van der Waals surface area contributed by atoms with Crippen LogP contribution in [0.4, 0.5) is 5.82 Å². The van der Waals surface area contributed by atoms with Crippen molar-refractivity contribution in [2.75, 3.05) is 38.2 Å². The maximum Gasteiger partial charge on any atom is 0.126 e. The number of aromatic nitrogens is 1. The summed E-state index contributed by atoms with van der Waals surface area (Å²) in [5, 5.41) is 4.22. The summed E-state index contributed by atoms with van der Waals surface area (Å²) in [6.45, 7) is 4.09. The maximum absolute atomic E-state index is 6.43. The van der Waals surface area contributed by atoms with Gasteiger partial charge in [-0.1, -0.05) is 29.8 Å². The summed E-state index contributed by atoms with van der Waals surface area (Å²) in [7, 11) is 0. The summed E-state index contributed by atoms with van der Waals surface area (Å²) in [5.74, 6) is 0.860. The fourth-order valence-corrected chi connectivity index (χ4v) is 3.25. The summed E-state index contributed by atoms with van der Waals surface area (Å²) in [5.41, 5.74) is 1.14. The highest BCUT2D eigenvalue weighted by atomic mass is 79.9. The van der Waals surface area contributed by atoms with Crippen molar-refractivity contribution in [3.63, 3.8) is 0 Å². The van der Waals surface area contributed by atoms with Gasteiger partial charge in [-0.2, -0.15) is 0 Å². The molecule has 1 aromatic heterocycles. The molecule has 1 atom stereocenters. The molecule has 1 N–H and O–H groups in total. The number of nitrogens with zero attached hydrogens (tertiary/aromatic N) is 2. The fraction of sp³-hybridized carbons (Fsp3) is 0.353. The van der Waals surface area contributed by atoms with Crippen LogP contribution in [0.3, 0.4) is 0 Å². The molecule has 0 amide bonds. The molecule has 1 aromatic carbocycles. The number of hydrogen-bond donors (Lipinski definition) is 1. The van der Waals surface area contributed by atoms with Gasteiger partial charge in [0, 0.05) is 35.3 Å². The highest BCUT2D eigenvalue weighted by Crippen LogP contribution is 2.28. The lowest BCUT2D eigenvalue weighted by Crippen LogP contribution is -2.41. The van der Waals surface area contributed by atoms with Crippen LogP contribution >= 0.6 is 27.5 Å². The van der Waals surface area contributed by atoms with Crippen molar-refractivity contribution in [3.8, 4) is 0 Å². The molecule has 0 spiro atoms. The highest BCUT2D eigenvalue weighted by molar-refractivity contribution is 9.10. The molecule has 4 nitrogen and oxygen atoms in total. The molecule has 0 radical (unpaired) electrons. The largest absolute Gasteiger partial charge is 0.379 e. The van der Waals surface area contributed by atoms with Gasteiger partial charge in [0.15, 0.2) is 0 Å². The van der Waals surface area contributed by atoms with Crippen LogP contribution in [0, 0.1) is 0 Å². The maximum atomic E-state index is 6.43. The van der Waals surface area contributed by atoms with E-state index in [4.69, 9.17) is 16.3 Å². The van der Waals surface area contributed by atoms with E-state index >= 15 is 0 Å². The first-order valence-corrected chi connectivity index (χ1v) is 8.83. The molecule has 3 rings (SSSR count). The molecule has 1 fully saturated rings. The van der Waals surface area contributed by atoms with E-state index in [2.05, 4.69) is 37.2 Å². The summed E-state index contributed by atoms with van der Waals surface area (Å²) < 4.78 is 6.45. The monoisotopic (exact) mass is 395 g/mol. The molecule has 2 aromatic rings. The van der Waals surface area contributed by atoms with Gasteiger partial charge < -0.3 is 10.1 Å². The molecule has 6 heteroatoms. The van der Waals surface area contributed by atoms with Crippen molar-refractivity contribution in [1.82, 2.24) is 9.88 Å². The number of nitrogens with one attached hydrogen (secondary N) is 1. The molecule has 1 unspecified atom stereocenters. The van der Waals surface area contributed by atoms with Gasteiger partial charge in [-0.25, -0.2) is 4.98 Å². The van der Waals surface area contributed by atoms with E-state index in [9.17, 15) is 0 Å². The quantitative estimate of drug-likeness (QED) is 0.829. The summed E-state index contributed by atoms with van der Waals surface area (Å²) in [4.78, 5) is 6.79. The first-order chi connectivity index (χ1) is 11.2. The Kier molecular flexibility index (Phi) is 5.89. The number of benzene rings is 1. The minimum atomic E-state index is 0.193. The van der Waals surface area contributed by atoms with E-state index < -0.39 is 0 Å². The first kappa shape index (κ1) is 16.7. The zero-order valence-electron chi connectivity index (χ0n) is 12.7. The highest BCUT2D eigenvalue weighted by Gasteiger charge is 2.24. The molecule has 1 saturated heterocycles. The predicted octanol–water partition coefficient (Wildman–Crippen LogP) is 3.98.